The molecule has 9 heteroatoms. The number of alkyl carbamates (subject to hydrolysis) is 1. The van der Waals surface area contributed by atoms with E-state index in [0.717, 1.165) is 11.8 Å². The average Bonchev–Trinajstić information content (AvgIpc) is 2.66. The molecule has 0 fully saturated rings. The van der Waals surface area contributed by atoms with Crippen molar-refractivity contribution in [2.45, 2.75) is 39.0 Å². The molecular weight excluding hydrogens is 410 g/mol. The average molecular weight is 435 g/mol. The van der Waals surface area contributed by atoms with E-state index in [1.807, 2.05) is 30.3 Å². The zero-order valence-electron chi connectivity index (χ0n) is 17.0. The van der Waals surface area contributed by atoms with Crippen molar-refractivity contribution in [1.29, 1.82) is 0 Å². The van der Waals surface area contributed by atoms with Crippen LogP contribution in [0.3, 0.4) is 0 Å². The number of hydrogen-bond donors (Lipinski definition) is 1. The molecular formula is C21H25NO7S. The predicted molar refractivity (Wildman–Crippen MR) is 110 cm³/mol. The fourth-order valence-electron chi connectivity index (χ4n) is 2.51. The molecule has 30 heavy (non-hydrogen) atoms. The lowest BCUT2D eigenvalue weighted by Gasteiger charge is -2.19. The Morgan fingerprint density at radius 2 is 1.60 bits per heavy atom. The summed E-state index contributed by atoms with van der Waals surface area (Å²) in [5.74, 6) is -0.448. The molecule has 0 radical (unpaired) electrons. The van der Waals surface area contributed by atoms with Gasteiger partial charge in [-0.1, -0.05) is 42.5 Å². The quantitative estimate of drug-likeness (QED) is 0.477. The molecule has 2 aromatic carbocycles. The van der Waals surface area contributed by atoms with E-state index >= 15 is 0 Å². The van der Waals surface area contributed by atoms with Gasteiger partial charge in [-0.2, -0.15) is 8.42 Å². The first-order valence-electron chi connectivity index (χ1n) is 9.28. The number of carbonyl (C=O) groups excluding carboxylic acids is 2. The summed E-state index contributed by atoms with van der Waals surface area (Å²) < 4.78 is 37.6. The van der Waals surface area contributed by atoms with Gasteiger partial charge in [0.15, 0.2) is 0 Å². The Morgan fingerprint density at radius 1 is 0.967 bits per heavy atom. The van der Waals surface area contributed by atoms with Gasteiger partial charge in [-0.25, -0.2) is 9.59 Å². The maximum absolute atomic E-state index is 12.4. The van der Waals surface area contributed by atoms with E-state index in [1.165, 1.54) is 12.1 Å². The Bertz CT molecular complexity index is 941. The van der Waals surface area contributed by atoms with E-state index in [-0.39, 0.29) is 24.9 Å². The minimum absolute atomic E-state index is 0.0656. The van der Waals surface area contributed by atoms with Gasteiger partial charge < -0.3 is 19.0 Å². The second-order valence-corrected chi connectivity index (χ2v) is 8.45. The second kappa shape index (κ2) is 10.6. The van der Waals surface area contributed by atoms with Crippen LogP contribution in [0.15, 0.2) is 54.6 Å². The summed E-state index contributed by atoms with van der Waals surface area (Å²) in [5.41, 5.74) is 1.49. The van der Waals surface area contributed by atoms with Crippen molar-refractivity contribution in [3.8, 4) is 5.75 Å². The SMILES string of the molecule is CC(C)OC(=O)C(Cc1ccc(OS(C)(=O)=O)cc1)NC(=O)OCc1ccccc1. The lowest BCUT2D eigenvalue weighted by Crippen LogP contribution is -2.44. The van der Waals surface area contributed by atoms with Gasteiger partial charge >= 0.3 is 22.2 Å². The van der Waals surface area contributed by atoms with Gasteiger partial charge in [-0.3, -0.25) is 0 Å². The summed E-state index contributed by atoms with van der Waals surface area (Å²) >= 11 is 0. The van der Waals surface area contributed by atoms with Crippen molar-refractivity contribution in [2.75, 3.05) is 6.26 Å². The number of rotatable bonds is 9. The summed E-state index contributed by atoms with van der Waals surface area (Å²) in [4.78, 5) is 24.6. The topological polar surface area (TPSA) is 108 Å². The number of benzene rings is 2. The van der Waals surface area contributed by atoms with E-state index in [0.29, 0.717) is 5.56 Å². The Kier molecular flexibility index (Phi) is 8.23. The third-order valence-corrected chi connectivity index (χ3v) is 4.25. The smallest absolute Gasteiger partial charge is 0.408 e. The minimum Gasteiger partial charge on any atom is -0.461 e. The molecule has 0 aliphatic carbocycles. The van der Waals surface area contributed by atoms with Crippen LogP contribution in [0.2, 0.25) is 0 Å². The van der Waals surface area contributed by atoms with Crippen molar-refractivity contribution in [2.24, 2.45) is 0 Å². The summed E-state index contributed by atoms with van der Waals surface area (Å²) in [5, 5.41) is 2.53. The zero-order chi connectivity index (χ0) is 22.1. The summed E-state index contributed by atoms with van der Waals surface area (Å²) in [7, 11) is -3.63. The number of esters is 1. The lowest BCUT2D eigenvalue weighted by molar-refractivity contribution is -0.149. The standard InChI is InChI=1S/C21H25NO7S/c1-15(2)28-20(23)19(22-21(24)27-14-17-7-5-4-6-8-17)13-16-9-11-18(12-10-16)29-30(3,25)26/h4-12,15,19H,13-14H2,1-3H3,(H,22,24). The third-order valence-electron chi connectivity index (χ3n) is 3.75. The maximum atomic E-state index is 12.4. The van der Waals surface area contributed by atoms with Crippen LogP contribution in [0.1, 0.15) is 25.0 Å². The zero-order valence-corrected chi connectivity index (χ0v) is 17.8. The highest BCUT2D eigenvalue weighted by Gasteiger charge is 2.24. The largest absolute Gasteiger partial charge is 0.461 e. The monoisotopic (exact) mass is 435 g/mol. The first-order chi connectivity index (χ1) is 14.1. The van der Waals surface area contributed by atoms with Crippen molar-refractivity contribution in [3.05, 3.63) is 65.7 Å². The van der Waals surface area contributed by atoms with Crippen molar-refractivity contribution < 1.29 is 31.7 Å². The van der Waals surface area contributed by atoms with Crippen molar-refractivity contribution >= 4 is 22.2 Å². The second-order valence-electron chi connectivity index (χ2n) is 6.88. The third kappa shape index (κ3) is 8.52. The fraction of sp³-hybridized carbons (Fsp3) is 0.333. The molecule has 2 aromatic rings. The van der Waals surface area contributed by atoms with E-state index in [1.54, 1.807) is 26.0 Å². The molecule has 0 aromatic heterocycles. The Hall–Kier alpha value is -3.07. The Labute approximate surface area is 176 Å². The molecule has 162 valence electrons. The predicted octanol–water partition coefficient (Wildman–Crippen LogP) is 2.81. The summed E-state index contributed by atoms with van der Waals surface area (Å²) in [6.45, 7) is 3.48. The molecule has 8 nitrogen and oxygen atoms in total. The number of amides is 1. The van der Waals surface area contributed by atoms with Crippen molar-refractivity contribution in [3.63, 3.8) is 0 Å². The van der Waals surface area contributed by atoms with Crippen LogP contribution in [0.25, 0.3) is 0 Å². The van der Waals surface area contributed by atoms with Crippen LogP contribution in [0.4, 0.5) is 4.79 Å². The highest BCUT2D eigenvalue weighted by Crippen LogP contribution is 2.16. The van der Waals surface area contributed by atoms with Gasteiger partial charge in [0, 0.05) is 6.42 Å². The number of carbonyl (C=O) groups is 2. The molecule has 0 aliphatic heterocycles. The van der Waals surface area contributed by atoms with E-state index in [9.17, 15) is 18.0 Å². The summed E-state index contributed by atoms with van der Waals surface area (Å²) in [6.07, 6.45) is -0.0242. The molecule has 0 bridgehead atoms. The van der Waals surface area contributed by atoms with Crippen LogP contribution in [0, 0.1) is 0 Å². The maximum Gasteiger partial charge on any atom is 0.408 e. The number of nitrogens with one attached hydrogen (secondary N) is 1. The van der Waals surface area contributed by atoms with Crippen LogP contribution >= 0.6 is 0 Å². The molecule has 0 saturated carbocycles. The van der Waals surface area contributed by atoms with Gasteiger partial charge in [0.05, 0.1) is 12.4 Å². The number of hydrogen-bond acceptors (Lipinski definition) is 7. The van der Waals surface area contributed by atoms with Gasteiger partial charge in [0.1, 0.15) is 18.4 Å². The highest BCUT2D eigenvalue weighted by molar-refractivity contribution is 7.86. The molecule has 0 saturated heterocycles. The van der Waals surface area contributed by atoms with Gasteiger partial charge in [-0.15, -0.1) is 0 Å². The Morgan fingerprint density at radius 3 is 2.17 bits per heavy atom. The molecule has 1 atom stereocenters. The van der Waals surface area contributed by atoms with Crippen LogP contribution in [0.5, 0.6) is 5.75 Å². The molecule has 0 spiro atoms. The first-order valence-corrected chi connectivity index (χ1v) is 11.1. The van der Waals surface area contributed by atoms with Gasteiger partial charge in [0.25, 0.3) is 0 Å². The van der Waals surface area contributed by atoms with Gasteiger partial charge in [0.2, 0.25) is 0 Å². The van der Waals surface area contributed by atoms with Gasteiger partial charge in [-0.05, 0) is 37.1 Å². The molecule has 0 heterocycles. The molecule has 0 aliphatic rings. The van der Waals surface area contributed by atoms with Crippen LogP contribution < -0.4 is 9.50 Å². The molecule has 2 rings (SSSR count). The Balaban J connectivity index is 2.03. The van der Waals surface area contributed by atoms with Crippen molar-refractivity contribution in [1.82, 2.24) is 5.32 Å². The highest BCUT2D eigenvalue weighted by atomic mass is 32.2. The van der Waals surface area contributed by atoms with E-state index in [4.69, 9.17) is 13.7 Å². The minimum atomic E-state index is -3.63. The first kappa shape index (κ1) is 23.2. The fourth-order valence-corrected chi connectivity index (χ4v) is 2.97. The summed E-state index contributed by atoms with van der Waals surface area (Å²) in [6, 6.07) is 14.3. The normalized spacial score (nSPS) is 12.1. The van der Waals surface area contributed by atoms with Crippen LogP contribution in [-0.4, -0.2) is 38.9 Å². The molecule has 1 N–H and O–H groups in total. The lowest BCUT2D eigenvalue weighted by atomic mass is 10.1. The number of ether oxygens (including phenoxy) is 2. The van der Waals surface area contributed by atoms with E-state index < -0.39 is 28.2 Å². The van der Waals surface area contributed by atoms with Crippen LogP contribution in [-0.2, 0) is 37.4 Å². The molecule has 1 amide bonds. The van der Waals surface area contributed by atoms with E-state index in [2.05, 4.69) is 5.32 Å². The molecule has 1 unspecified atom stereocenters.